The van der Waals surface area contributed by atoms with Crippen LogP contribution in [0.3, 0.4) is 0 Å². The molecule has 0 aliphatic carbocycles. The van der Waals surface area contributed by atoms with E-state index in [1.54, 1.807) is 6.33 Å². The number of imidazole rings is 1. The molecule has 2 unspecified atom stereocenters. The number of nitrogens with zero attached hydrogens (tertiary/aromatic N) is 5. The summed E-state index contributed by atoms with van der Waals surface area (Å²) in [6.45, 7) is 2.01. The summed E-state index contributed by atoms with van der Waals surface area (Å²) >= 11 is 0. The van der Waals surface area contributed by atoms with Crippen molar-refractivity contribution in [1.29, 1.82) is 0 Å². The first-order valence-electron chi connectivity index (χ1n) is 12.1. The van der Waals surface area contributed by atoms with Gasteiger partial charge in [-0.05, 0) is 17.5 Å². The van der Waals surface area contributed by atoms with Crippen molar-refractivity contribution in [1.82, 2.24) is 19.5 Å². The van der Waals surface area contributed by atoms with Crippen LogP contribution in [0.25, 0.3) is 11.2 Å². The Bertz CT molecular complexity index is 1360. The normalized spacial score (nSPS) is 20.7. The molecule has 1 fully saturated rings. The first kappa shape index (κ1) is 22.4. The van der Waals surface area contributed by atoms with E-state index in [0.29, 0.717) is 42.2 Å². The minimum Gasteiger partial charge on any atom is -0.436 e. The number of carbonyl (C=O) groups excluding carboxylic acids is 1. The molecule has 4 heterocycles. The molecule has 0 saturated carbocycles. The van der Waals surface area contributed by atoms with E-state index in [1.807, 2.05) is 22.9 Å². The van der Waals surface area contributed by atoms with E-state index < -0.39 is 6.29 Å². The molecule has 9 heteroatoms. The molecule has 3 atom stereocenters. The number of hydrogen-bond donors (Lipinski definition) is 1. The third kappa shape index (κ3) is 4.57. The van der Waals surface area contributed by atoms with Gasteiger partial charge in [0.25, 0.3) is 0 Å². The number of nitrogens with one attached hydrogen (secondary N) is 1. The predicted molar refractivity (Wildman–Crippen MR) is 135 cm³/mol. The van der Waals surface area contributed by atoms with Crippen LogP contribution in [0.4, 0.5) is 5.82 Å². The van der Waals surface area contributed by atoms with E-state index in [4.69, 9.17) is 19.4 Å². The summed E-state index contributed by atoms with van der Waals surface area (Å²) < 4.78 is 13.1. The summed E-state index contributed by atoms with van der Waals surface area (Å²) in [5.74, 6) is 1.06. The molecule has 0 bridgehead atoms. The summed E-state index contributed by atoms with van der Waals surface area (Å²) in [5.41, 5.74) is 3.77. The van der Waals surface area contributed by atoms with E-state index in [9.17, 15) is 4.79 Å². The maximum Gasteiger partial charge on any atom is 0.304 e. The standard InChI is InChI=1S/C27H26N6O3/c1-17(34)35-23-13-12-22(36-23)33-16-30-24-26(31-25(21-15-28-21)32-27(24)33)29-14-20(18-8-4-2-5-9-18)19-10-6-3-7-11-19/h2-11,15-16,20-23H,12-14H2,1H3,(H,29,31,32)/t21?,22?,23-/m0/s1. The molecule has 1 N–H and O–H groups in total. The zero-order chi connectivity index (χ0) is 24.5. The zero-order valence-corrected chi connectivity index (χ0v) is 19.8. The highest BCUT2D eigenvalue weighted by atomic mass is 16.7. The molecule has 36 heavy (non-hydrogen) atoms. The van der Waals surface area contributed by atoms with Crippen LogP contribution in [0.15, 0.2) is 72.0 Å². The van der Waals surface area contributed by atoms with Gasteiger partial charge in [-0.3, -0.25) is 14.4 Å². The summed E-state index contributed by atoms with van der Waals surface area (Å²) in [7, 11) is 0. The lowest BCUT2D eigenvalue weighted by Gasteiger charge is -2.20. The topological polar surface area (TPSA) is 104 Å². The van der Waals surface area contributed by atoms with Gasteiger partial charge in [0, 0.05) is 32.0 Å². The van der Waals surface area contributed by atoms with Crippen LogP contribution in [0, 0.1) is 0 Å². The second-order valence-electron chi connectivity index (χ2n) is 8.96. The van der Waals surface area contributed by atoms with Crippen molar-refractivity contribution in [2.24, 2.45) is 4.99 Å². The largest absolute Gasteiger partial charge is 0.436 e. The molecule has 2 aromatic carbocycles. The summed E-state index contributed by atoms with van der Waals surface area (Å²) in [6.07, 6.45) is 3.97. The Labute approximate surface area is 208 Å². The van der Waals surface area contributed by atoms with Crippen LogP contribution in [0.1, 0.15) is 54.9 Å². The van der Waals surface area contributed by atoms with Crippen molar-refractivity contribution in [3.8, 4) is 0 Å². The number of carbonyl (C=O) groups is 1. The molecular weight excluding hydrogens is 456 g/mol. The lowest BCUT2D eigenvalue weighted by atomic mass is 9.91. The Morgan fingerprint density at radius 2 is 1.78 bits per heavy atom. The van der Waals surface area contributed by atoms with E-state index in [2.05, 4.69) is 63.8 Å². The molecule has 0 radical (unpaired) electrons. The average Bonchev–Trinajstić information content (AvgIpc) is 3.51. The van der Waals surface area contributed by atoms with Crippen LogP contribution in [0.2, 0.25) is 0 Å². The number of anilines is 1. The average molecular weight is 483 g/mol. The molecule has 4 aromatic rings. The second-order valence-corrected chi connectivity index (χ2v) is 8.96. The number of fused-ring (bicyclic) bond motifs is 1. The molecule has 0 amide bonds. The summed E-state index contributed by atoms with van der Waals surface area (Å²) in [5, 5.41) is 3.55. The molecule has 0 spiro atoms. The second kappa shape index (κ2) is 9.50. The van der Waals surface area contributed by atoms with E-state index in [-0.39, 0.29) is 24.2 Å². The lowest BCUT2D eigenvalue weighted by Crippen LogP contribution is -2.17. The summed E-state index contributed by atoms with van der Waals surface area (Å²) in [4.78, 5) is 29.8. The van der Waals surface area contributed by atoms with Gasteiger partial charge < -0.3 is 14.8 Å². The van der Waals surface area contributed by atoms with Crippen LogP contribution >= 0.6 is 0 Å². The lowest BCUT2D eigenvalue weighted by molar-refractivity contribution is -0.177. The predicted octanol–water partition coefficient (Wildman–Crippen LogP) is 4.39. The number of aliphatic imine (C=N–C) groups is 1. The van der Waals surface area contributed by atoms with Crippen LogP contribution in [-0.2, 0) is 14.3 Å². The van der Waals surface area contributed by atoms with E-state index in [0.717, 1.165) is 0 Å². The third-order valence-corrected chi connectivity index (χ3v) is 6.44. The maximum absolute atomic E-state index is 11.3. The number of hydrogen-bond acceptors (Lipinski definition) is 8. The van der Waals surface area contributed by atoms with Crippen LogP contribution < -0.4 is 5.32 Å². The van der Waals surface area contributed by atoms with Gasteiger partial charge in [-0.15, -0.1) is 0 Å². The Balaban J connectivity index is 1.31. The first-order valence-corrected chi connectivity index (χ1v) is 12.1. The van der Waals surface area contributed by atoms with Crippen LogP contribution in [0.5, 0.6) is 0 Å². The minimum absolute atomic E-state index is 0.115. The van der Waals surface area contributed by atoms with Crippen molar-refractivity contribution in [2.75, 3.05) is 11.9 Å². The van der Waals surface area contributed by atoms with Crippen molar-refractivity contribution >= 4 is 29.2 Å². The van der Waals surface area contributed by atoms with Gasteiger partial charge in [-0.2, -0.15) is 0 Å². The smallest absolute Gasteiger partial charge is 0.304 e. The quantitative estimate of drug-likeness (QED) is 0.371. The Kier molecular flexibility index (Phi) is 5.90. The highest BCUT2D eigenvalue weighted by Gasteiger charge is 2.31. The van der Waals surface area contributed by atoms with E-state index >= 15 is 0 Å². The van der Waals surface area contributed by atoms with Gasteiger partial charge in [0.05, 0.1) is 6.33 Å². The number of rotatable bonds is 8. The van der Waals surface area contributed by atoms with Crippen molar-refractivity contribution < 1.29 is 14.3 Å². The van der Waals surface area contributed by atoms with Crippen molar-refractivity contribution in [2.45, 2.75) is 44.2 Å². The van der Waals surface area contributed by atoms with Gasteiger partial charge >= 0.3 is 5.97 Å². The molecule has 2 aliphatic rings. The highest BCUT2D eigenvalue weighted by Crippen LogP contribution is 2.34. The van der Waals surface area contributed by atoms with Crippen molar-refractivity contribution in [3.05, 3.63) is 83.9 Å². The van der Waals surface area contributed by atoms with E-state index in [1.165, 1.54) is 18.1 Å². The van der Waals surface area contributed by atoms with Gasteiger partial charge in [0.1, 0.15) is 12.3 Å². The molecular formula is C27H26N6O3. The Hall–Kier alpha value is -4.11. The maximum atomic E-state index is 11.3. The van der Waals surface area contributed by atoms with Gasteiger partial charge in [-0.25, -0.2) is 15.0 Å². The van der Waals surface area contributed by atoms with Crippen LogP contribution in [-0.4, -0.2) is 44.5 Å². The van der Waals surface area contributed by atoms with Gasteiger partial charge in [0.2, 0.25) is 6.29 Å². The summed E-state index contributed by atoms with van der Waals surface area (Å²) in [6, 6.07) is 20.7. The number of ether oxygens (including phenoxy) is 2. The Morgan fingerprint density at radius 3 is 2.42 bits per heavy atom. The molecule has 2 aromatic heterocycles. The number of benzene rings is 2. The first-order chi connectivity index (χ1) is 17.7. The molecule has 1 saturated heterocycles. The van der Waals surface area contributed by atoms with Gasteiger partial charge in [0.15, 0.2) is 22.8 Å². The molecule has 6 rings (SSSR count). The SMILES string of the molecule is CC(=O)O[C@@H]1CCC(n2cnc3c(NCC(c4ccccc4)c4ccccc4)nc(C4C=N4)nc32)O1. The minimum atomic E-state index is -0.562. The Morgan fingerprint density at radius 1 is 1.08 bits per heavy atom. The molecule has 2 aliphatic heterocycles. The van der Waals surface area contributed by atoms with Crippen molar-refractivity contribution in [3.63, 3.8) is 0 Å². The monoisotopic (exact) mass is 482 g/mol. The fraction of sp³-hybridized carbons (Fsp3) is 0.296. The highest BCUT2D eigenvalue weighted by molar-refractivity contribution is 5.85. The van der Waals surface area contributed by atoms with Gasteiger partial charge in [-0.1, -0.05) is 60.7 Å². The fourth-order valence-corrected chi connectivity index (χ4v) is 4.64. The molecule has 182 valence electrons. The molecule has 9 nitrogen and oxygen atoms in total. The third-order valence-electron chi connectivity index (χ3n) is 6.44. The fourth-order valence-electron chi connectivity index (χ4n) is 4.64. The number of aromatic nitrogens is 4. The number of esters is 1. The zero-order valence-electron chi connectivity index (χ0n) is 19.8.